The minimum Gasteiger partial charge on any atom is -0.477 e. The van der Waals surface area contributed by atoms with Crippen LogP contribution in [0, 0.1) is 11.3 Å². The van der Waals surface area contributed by atoms with Gasteiger partial charge in [0.15, 0.2) is 0 Å². The first-order valence-corrected chi connectivity index (χ1v) is 9.67. The number of nitriles is 1. The Morgan fingerprint density at radius 2 is 1.73 bits per heavy atom. The van der Waals surface area contributed by atoms with Crippen molar-refractivity contribution in [3.05, 3.63) is 71.1 Å². The van der Waals surface area contributed by atoms with E-state index in [0.29, 0.717) is 4.88 Å². The Morgan fingerprint density at radius 3 is 2.38 bits per heavy atom. The summed E-state index contributed by atoms with van der Waals surface area (Å²) < 4.78 is 27.6. The summed E-state index contributed by atoms with van der Waals surface area (Å²) in [4.78, 5) is 11.8. The van der Waals surface area contributed by atoms with E-state index in [-0.39, 0.29) is 21.0 Å². The predicted molar refractivity (Wildman–Crippen MR) is 98.7 cm³/mol. The Balaban J connectivity index is 2.06. The lowest BCUT2D eigenvalue weighted by molar-refractivity contribution is 0.0703. The monoisotopic (exact) mass is 384 g/mol. The molecule has 2 aromatic carbocycles. The maximum absolute atomic E-state index is 12.7. The van der Waals surface area contributed by atoms with E-state index in [1.54, 1.807) is 18.2 Å². The average molecular weight is 384 g/mol. The molecule has 8 heteroatoms. The standard InChI is InChI=1S/C18H12N2O4S2/c19-11-13-8-4-5-9-16(13)26(23,24)20-14-10-15(25-17(14)18(21)22)12-6-2-1-3-7-12/h1-10,20H,(H,21,22). The first-order valence-electron chi connectivity index (χ1n) is 7.37. The van der Waals surface area contributed by atoms with Crippen LogP contribution < -0.4 is 4.72 Å². The Morgan fingerprint density at radius 1 is 1.08 bits per heavy atom. The summed E-state index contributed by atoms with van der Waals surface area (Å²) in [5.41, 5.74) is 0.729. The molecule has 130 valence electrons. The van der Waals surface area contributed by atoms with Gasteiger partial charge in [-0.25, -0.2) is 13.2 Å². The number of thiophene rings is 1. The van der Waals surface area contributed by atoms with Gasteiger partial charge in [-0.2, -0.15) is 5.26 Å². The minimum absolute atomic E-state index is 0.0182. The maximum Gasteiger partial charge on any atom is 0.348 e. The highest BCUT2D eigenvalue weighted by molar-refractivity contribution is 7.92. The lowest BCUT2D eigenvalue weighted by Crippen LogP contribution is -2.15. The van der Waals surface area contributed by atoms with Gasteiger partial charge in [-0.3, -0.25) is 4.72 Å². The SMILES string of the molecule is N#Cc1ccccc1S(=O)(=O)Nc1cc(-c2ccccc2)sc1C(=O)O. The molecule has 0 saturated carbocycles. The van der Waals surface area contributed by atoms with Gasteiger partial charge in [-0.15, -0.1) is 11.3 Å². The summed E-state index contributed by atoms with van der Waals surface area (Å²) in [6.45, 7) is 0. The molecule has 3 aromatic rings. The molecule has 0 fully saturated rings. The number of benzene rings is 2. The van der Waals surface area contributed by atoms with Crippen molar-refractivity contribution in [2.45, 2.75) is 4.90 Å². The Kier molecular flexibility index (Phi) is 4.75. The predicted octanol–water partition coefficient (Wildman–Crippen LogP) is 3.79. The Bertz CT molecular complexity index is 1110. The van der Waals surface area contributed by atoms with Gasteiger partial charge in [0.25, 0.3) is 10.0 Å². The van der Waals surface area contributed by atoms with Crippen LogP contribution in [0.2, 0.25) is 0 Å². The second-order valence-electron chi connectivity index (χ2n) is 5.24. The van der Waals surface area contributed by atoms with Gasteiger partial charge >= 0.3 is 5.97 Å². The van der Waals surface area contributed by atoms with Crippen LogP contribution in [-0.2, 0) is 10.0 Å². The number of carbonyl (C=O) groups is 1. The molecule has 0 radical (unpaired) electrons. The van der Waals surface area contributed by atoms with Crippen molar-refractivity contribution in [3.63, 3.8) is 0 Å². The van der Waals surface area contributed by atoms with Crippen LogP contribution in [0.5, 0.6) is 0 Å². The summed E-state index contributed by atoms with van der Waals surface area (Å²) in [6, 6.07) is 18.1. The lowest BCUT2D eigenvalue weighted by Gasteiger charge is -2.08. The first kappa shape index (κ1) is 17.7. The number of sulfonamides is 1. The molecule has 2 N–H and O–H groups in total. The maximum atomic E-state index is 12.7. The van der Waals surface area contributed by atoms with E-state index >= 15 is 0 Å². The van der Waals surface area contributed by atoms with Crippen LogP contribution >= 0.6 is 11.3 Å². The molecule has 0 atom stereocenters. The van der Waals surface area contributed by atoms with Crippen molar-refractivity contribution in [3.8, 4) is 16.5 Å². The molecular weight excluding hydrogens is 372 g/mol. The fourth-order valence-corrected chi connectivity index (χ4v) is 4.61. The quantitative estimate of drug-likeness (QED) is 0.696. The van der Waals surface area contributed by atoms with E-state index in [4.69, 9.17) is 5.26 Å². The van der Waals surface area contributed by atoms with Gasteiger partial charge in [0.1, 0.15) is 15.8 Å². The van der Waals surface area contributed by atoms with Crippen LogP contribution in [0.25, 0.3) is 10.4 Å². The van der Waals surface area contributed by atoms with E-state index in [1.165, 1.54) is 24.3 Å². The van der Waals surface area contributed by atoms with Crippen LogP contribution in [0.15, 0.2) is 65.6 Å². The van der Waals surface area contributed by atoms with Crippen molar-refractivity contribution >= 4 is 33.0 Å². The molecule has 1 aromatic heterocycles. The number of anilines is 1. The van der Waals surface area contributed by atoms with Crippen molar-refractivity contribution in [1.29, 1.82) is 5.26 Å². The molecule has 6 nitrogen and oxygen atoms in total. The number of hydrogen-bond acceptors (Lipinski definition) is 5. The van der Waals surface area contributed by atoms with E-state index in [1.807, 2.05) is 24.3 Å². The highest BCUT2D eigenvalue weighted by Gasteiger charge is 2.23. The zero-order chi connectivity index (χ0) is 18.7. The number of aromatic carboxylic acids is 1. The molecule has 0 aliphatic heterocycles. The number of carboxylic acid groups (broad SMARTS) is 1. The zero-order valence-corrected chi connectivity index (χ0v) is 14.8. The molecule has 0 amide bonds. The van der Waals surface area contributed by atoms with Crippen molar-refractivity contribution in [2.24, 2.45) is 0 Å². The highest BCUT2D eigenvalue weighted by Crippen LogP contribution is 2.36. The van der Waals surface area contributed by atoms with Crippen molar-refractivity contribution < 1.29 is 18.3 Å². The molecule has 3 rings (SSSR count). The number of rotatable bonds is 5. The van der Waals surface area contributed by atoms with Gasteiger partial charge in [0, 0.05) is 4.88 Å². The summed E-state index contributed by atoms with van der Waals surface area (Å²) in [6.07, 6.45) is 0. The molecule has 0 aliphatic rings. The van der Waals surface area contributed by atoms with E-state index < -0.39 is 16.0 Å². The topological polar surface area (TPSA) is 107 Å². The normalized spacial score (nSPS) is 10.9. The third-order valence-electron chi connectivity index (χ3n) is 3.53. The van der Waals surface area contributed by atoms with Crippen LogP contribution in [0.3, 0.4) is 0 Å². The molecule has 0 bridgehead atoms. The van der Waals surface area contributed by atoms with Crippen LogP contribution in [0.4, 0.5) is 5.69 Å². The van der Waals surface area contributed by atoms with Crippen LogP contribution in [-0.4, -0.2) is 19.5 Å². The van der Waals surface area contributed by atoms with E-state index in [0.717, 1.165) is 16.9 Å². The minimum atomic E-state index is -4.11. The van der Waals surface area contributed by atoms with Crippen LogP contribution in [0.1, 0.15) is 15.2 Å². The average Bonchev–Trinajstić information content (AvgIpc) is 3.06. The third kappa shape index (κ3) is 3.44. The smallest absolute Gasteiger partial charge is 0.348 e. The fraction of sp³-hybridized carbons (Fsp3) is 0. The molecule has 0 aliphatic carbocycles. The highest BCUT2D eigenvalue weighted by atomic mass is 32.2. The summed E-state index contributed by atoms with van der Waals surface area (Å²) >= 11 is 0.975. The first-order chi connectivity index (χ1) is 12.4. The number of nitrogens with one attached hydrogen (secondary N) is 1. The van der Waals surface area contributed by atoms with Gasteiger partial charge in [-0.1, -0.05) is 42.5 Å². The molecule has 0 spiro atoms. The Labute approximate surface area is 154 Å². The van der Waals surface area contributed by atoms with Gasteiger partial charge in [-0.05, 0) is 23.8 Å². The largest absolute Gasteiger partial charge is 0.477 e. The molecule has 1 heterocycles. The van der Waals surface area contributed by atoms with Crippen molar-refractivity contribution in [2.75, 3.05) is 4.72 Å². The number of hydrogen-bond donors (Lipinski definition) is 2. The fourth-order valence-electron chi connectivity index (χ4n) is 2.36. The second kappa shape index (κ2) is 7.00. The lowest BCUT2D eigenvalue weighted by atomic mass is 10.2. The third-order valence-corrected chi connectivity index (χ3v) is 6.12. The second-order valence-corrected chi connectivity index (χ2v) is 7.94. The summed E-state index contributed by atoms with van der Waals surface area (Å²) in [5, 5.41) is 18.5. The molecule has 0 unspecified atom stereocenters. The summed E-state index contributed by atoms with van der Waals surface area (Å²) in [7, 11) is -4.11. The summed E-state index contributed by atoms with van der Waals surface area (Å²) in [5.74, 6) is -1.23. The zero-order valence-electron chi connectivity index (χ0n) is 13.2. The Hall–Kier alpha value is -3.15. The van der Waals surface area contributed by atoms with Crippen molar-refractivity contribution in [1.82, 2.24) is 0 Å². The number of carboxylic acids is 1. The molecule has 26 heavy (non-hydrogen) atoms. The van der Waals surface area contributed by atoms with Gasteiger partial charge < -0.3 is 5.11 Å². The molecular formula is C18H12N2O4S2. The molecule has 0 saturated heterocycles. The van der Waals surface area contributed by atoms with E-state index in [2.05, 4.69) is 4.72 Å². The van der Waals surface area contributed by atoms with Gasteiger partial charge in [0.05, 0.1) is 11.3 Å². The van der Waals surface area contributed by atoms with Gasteiger partial charge in [0.2, 0.25) is 0 Å². The van der Waals surface area contributed by atoms with E-state index in [9.17, 15) is 18.3 Å². The number of nitrogens with zero attached hydrogens (tertiary/aromatic N) is 1.